The van der Waals surface area contributed by atoms with E-state index < -0.39 is 18.1 Å². The third kappa shape index (κ3) is 3.27. The minimum atomic E-state index is -4.14. The summed E-state index contributed by atoms with van der Waals surface area (Å²) >= 11 is 0. The highest BCUT2D eigenvalue weighted by atomic mass is 19.4. The summed E-state index contributed by atoms with van der Waals surface area (Å²) in [5.41, 5.74) is -0.474. The number of carbonyl (C=O) groups excluding carboxylic acids is 1. The molecule has 116 valence electrons. The maximum Gasteiger partial charge on any atom is 0.389 e. The van der Waals surface area contributed by atoms with Gasteiger partial charge in [-0.05, 0) is 25.7 Å². The van der Waals surface area contributed by atoms with E-state index in [9.17, 15) is 18.0 Å². The third-order valence-electron chi connectivity index (χ3n) is 4.37. The molecule has 20 heavy (non-hydrogen) atoms. The van der Waals surface area contributed by atoms with Gasteiger partial charge in [0.15, 0.2) is 0 Å². The van der Waals surface area contributed by atoms with Crippen molar-refractivity contribution in [1.82, 2.24) is 10.2 Å². The fourth-order valence-electron chi connectivity index (χ4n) is 3.42. The zero-order chi connectivity index (χ0) is 14.8. The van der Waals surface area contributed by atoms with Crippen molar-refractivity contribution in [2.24, 2.45) is 0 Å². The molecule has 1 aliphatic carbocycles. The van der Waals surface area contributed by atoms with E-state index in [2.05, 4.69) is 5.32 Å². The van der Waals surface area contributed by atoms with Crippen LogP contribution in [-0.4, -0.2) is 35.2 Å². The van der Waals surface area contributed by atoms with Crippen molar-refractivity contribution in [1.29, 1.82) is 0 Å². The molecule has 2 aliphatic rings. The molecule has 1 saturated heterocycles. The van der Waals surface area contributed by atoms with Gasteiger partial charge in [-0.25, -0.2) is 0 Å². The van der Waals surface area contributed by atoms with Crippen molar-refractivity contribution in [3.05, 3.63) is 0 Å². The summed E-state index contributed by atoms with van der Waals surface area (Å²) in [5, 5.41) is 3.41. The normalized spacial score (nSPS) is 25.9. The highest BCUT2D eigenvalue weighted by molar-refractivity contribution is 5.89. The van der Waals surface area contributed by atoms with Crippen LogP contribution >= 0.6 is 0 Å². The number of carbonyl (C=O) groups is 1. The summed E-state index contributed by atoms with van der Waals surface area (Å²) in [4.78, 5) is 14.2. The van der Waals surface area contributed by atoms with Crippen LogP contribution in [0.15, 0.2) is 0 Å². The topological polar surface area (TPSA) is 32.3 Å². The maximum atomic E-state index is 12.6. The van der Waals surface area contributed by atoms with E-state index in [1.165, 1.54) is 0 Å². The quantitative estimate of drug-likeness (QED) is 0.844. The molecule has 1 N–H and O–H groups in total. The highest BCUT2D eigenvalue weighted by Gasteiger charge is 2.51. The Hall–Kier alpha value is -0.780. The molecular weight excluding hydrogens is 269 g/mol. The first-order valence-corrected chi connectivity index (χ1v) is 7.53. The van der Waals surface area contributed by atoms with Gasteiger partial charge in [-0.1, -0.05) is 26.2 Å². The molecule has 2 rings (SSSR count). The average Bonchev–Trinajstić information content (AvgIpc) is 2.90. The minimum absolute atomic E-state index is 0.00673. The molecule has 2 fully saturated rings. The third-order valence-corrected chi connectivity index (χ3v) is 4.37. The summed E-state index contributed by atoms with van der Waals surface area (Å²) in [7, 11) is 0. The summed E-state index contributed by atoms with van der Waals surface area (Å²) in [5.74, 6) is 0.0237. The Bertz CT molecular complexity index is 351. The molecule has 1 atom stereocenters. The molecule has 1 unspecified atom stereocenters. The zero-order valence-corrected chi connectivity index (χ0v) is 11.9. The molecule has 0 radical (unpaired) electrons. The van der Waals surface area contributed by atoms with Crippen LogP contribution in [-0.2, 0) is 4.79 Å². The van der Waals surface area contributed by atoms with Crippen LogP contribution in [0.3, 0.4) is 0 Å². The zero-order valence-electron chi connectivity index (χ0n) is 11.9. The van der Waals surface area contributed by atoms with Crippen molar-refractivity contribution in [3.63, 3.8) is 0 Å². The molecule has 1 spiro atoms. The summed E-state index contributed by atoms with van der Waals surface area (Å²) < 4.78 is 36.7. The van der Waals surface area contributed by atoms with E-state index in [4.69, 9.17) is 0 Å². The lowest BCUT2D eigenvalue weighted by molar-refractivity contribution is -0.141. The van der Waals surface area contributed by atoms with Crippen LogP contribution in [0.4, 0.5) is 13.2 Å². The van der Waals surface area contributed by atoms with Gasteiger partial charge in [-0.2, -0.15) is 13.2 Å². The molecule has 0 aromatic rings. The Kier molecular flexibility index (Phi) is 4.62. The van der Waals surface area contributed by atoms with Gasteiger partial charge in [0.1, 0.15) is 0 Å². The average molecular weight is 292 g/mol. The molecule has 3 nitrogen and oxygen atoms in total. The fourth-order valence-corrected chi connectivity index (χ4v) is 3.42. The number of amides is 1. The predicted octanol–water partition coefficient (Wildman–Crippen LogP) is 3.20. The minimum Gasteiger partial charge on any atom is -0.326 e. The van der Waals surface area contributed by atoms with E-state index in [0.717, 1.165) is 38.5 Å². The Morgan fingerprint density at radius 2 is 2.00 bits per heavy atom. The van der Waals surface area contributed by atoms with Crippen LogP contribution in [0, 0.1) is 0 Å². The molecule has 0 bridgehead atoms. The Labute approximate surface area is 117 Å². The van der Waals surface area contributed by atoms with E-state index in [1.807, 2.05) is 6.92 Å². The number of nitrogens with zero attached hydrogens (tertiary/aromatic N) is 1. The van der Waals surface area contributed by atoms with Gasteiger partial charge in [0.25, 0.3) is 0 Å². The summed E-state index contributed by atoms with van der Waals surface area (Å²) in [6, 6.07) is 0. The van der Waals surface area contributed by atoms with Gasteiger partial charge in [0.05, 0.1) is 11.7 Å². The van der Waals surface area contributed by atoms with E-state index in [-0.39, 0.29) is 25.0 Å². The Morgan fingerprint density at radius 1 is 1.35 bits per heavy atom. The summed E-state index contributed by atoms with van der Waals surface area (Å²) in [6.45, 7) is 2.23. The lowest BCUT2D eigenvalue weighted by atomic mass is 9.98. The van der Waals surface area contributed by atoms with Crippen LogP contribution in [0.25, 0.3) is 0 Å². The van der Waals surface area contributed by atoms with Gasteiger partial charge in [0.2, 0.25) is 5.91 Å². The standard InChI is InChI=1S/C14H23F3N2O/c1-2-6-11-18-13(7-3-4-8-13)12(20)19(11)10-5-9-14(15,16)17/h11,18H,2-10H2,1H3. The van der Waals surface area contributed by atoms with Gasteiger partial charge >= 0.3 is 6.18 Å². The number of nitrogens with one attached hydrogen (secondary N) is 1. The lowest BCUT2D eigenvalue weighted by Crippen LogP contribution is -2.44. The highest BCUT2D eigenvalue weighted by Crippen LogP contribution is 2.37. The second-order valence-electron chi connectivity index (χ2n) is 5.96. The number of rotatable bonds is 5. The van der Waals surface area contributed by atoms with Crippen LogP contribution < -0.4 is 5.32 Å². The van der Waals surface area contributed by atoms with Gasteiger partial charge in [-0.15, -0.1) is 0 Å². The second-order valence-corrected chi connectivity index (χ2v) is 5.96. The van der Waals surface area contributed by atoms with Crippen LogP contribution in [0.1, 0.15) is 58.3 Å². The first-order chi connectivity index (χ1) is 9.38. The van der Waals surface area contributed by atoms with Crippen molar-refractivity contribution in [2.45, 2.75) is 76.2 Å². The number of hydrogen-bond donors (Lipinski definition) is 1. The molecule has 1 aliphatic heterocycles. The largest absolute Gasteiger partial charge is 0.389 e. The molecular formula is C14H23F3N2O. The number of hydrogen-bond acceptors (Lipinski definition) is 2. The first kappa shape index (κ1) is 15.6. The predicted molar refractivity (Wildman–Crippen MR) is 70.0 cm³/mol. The monoisotopic (exact) mass is 292 g/mol. The van der Waals surface area contributed by atoms with Crippen molar-refractivity contribution < 1.29 is 18.0 Å². The van der Waals surface area contributed by atoms with E-state index in [0.29, 0.717) is 0 Å². The molecule has 1 heterocycles. The summed E-state index contributed by atoms with van der Waals surface area (Å²) in [6.07, 6.45) is 0.359. The fraction of sp³-hybridized carbons (Fsp3) is 0.929. The second kappa shape index (κ2) is 5.92. The molecule has 0 aromatic heterocycles. The van der Waals surface area contributed by atoms with Crippen molar-refractivity contribution in [2.75, 3.05) is 6.54 Å². The van der Waals surface area contributed by atoms with Gasteiger partial charge < -0.3 is 4.90 Å². The molecule has 1 saturated carbocycles. The van der Waals surface area contributed by atoms with E-state index in [1.54, 1.807) is 4.90 Å². The Balaban J connectivity index is 1.98. The van der Waals surface area contributed by atoms with Crippen molar-refractivity contribution in [3.8, 4) is 0 Å². The van der Waals surface area contributed by atoms with Gasteiger partial charge in [0, 0.05) is 13.0 Å². The SMILES string of the molecule is CCCC1NC2(CCCC2)C(=O)N1CCCC(F)(F)F. The van der Waals surface area contributed by atoms with Crippen LogP contribution in [0.5, 0.6) is 0 Å². The first-order valence-electron chi connectivity index (χ1n) is 7.53. The maximum absolute atomic E-state index is 12.6. The Morgan fingerprint density at radius 3 is 2.55 bits per heavy atom. The smallest absolute Gasteiger partial charge is 0.326 e. The molecule has 6 heteroatoms. The molecule has 1 amide bonds. The van der Waals surface area contributed by atoms with Crippen molar-refractivity contribution >= 4 is 5.91 Å². The number of halogens is 3. The molecule has 0 aromatic carbocycles. The van der Waals surface area contributed by atoms with Gasteiger partial charge in [-0.3, -0.25) is 10.1 Å². The van der Waals surface area contributed by atoms with Crippen LogP contribution in [0.2, 0.25) is 0 Å². The lowest BCUT2D eigenvalue weighted by Gasteiger charge is -2.24. The van der Waals surface area contributed by atoms with E-state index >= 15 is 0 Å². The number of alkyl halides is 3.